The molecule has 2 aromatic carbocycles. The summed E-state index contributed by atoms with van der Waals surface area (Å²) in [7, 11) is 2.14. The highest BCUT2D eigenvalue weighted by molar-refractivity contribution is 5.83. The Kier molecular flexibility index (Phi) is 6.00. The number of nitrogens with zero attached hydrogens (tertiary/aromatic N) is 2. The Morgan fingerprint density at radius 3 is 2.40 bits per heavy atom. The summed E-state index contributed by atoms with van der Waals surface area (Å²) in [5, 5.41) is 0. The summed E-state index contributed by atoms with van der Waals surface area (Å²) in [6.07, 6.45) is 1.43. The molecule has 0 unspecified atom stereocenters. The fourth-order valence-corrected chi connectivity index (χ4v) is 3.43. The predicted molar refractivity (Wildman–Crippen MR) is 103 cm³/mol. The molecule has 0 amide bonds. The quantitative estimate of drug-likeness (QED) is 0.810. The third-order valence-electron chi connectivity index (χ3n) is 4.98. The first-order valence-corrected chi connectivity index (χ1v) is 9.15. The van der Waals surface area contributed by atoms with Gasteiger partial charge in [-0.2, -0.15) is 0 Å². The smallest absolute Gasteiger partial charge is 0.151 e. The molecule has 0 aliphatic carbocycles. The third kappa shape index (κ3) is 5.25. The van der Waals surface area contributed by atoms with E-state index in [2.05, 4.69) is 66.2 Å². The van der Waals surface area contributed by atoms with Gasteiger partial charge < -0.3 is 4.90 Å². The van der Waals surface area contributed by atoms with Crippen LogP contribution < -0.4 is 0 Å². The van der Waals surface area contributed by atoms with Crippen molar-refractivity contribution in [3.05, 3.63) is 70.8 Å². The van der Waals surface area contributed by atoms with E-state index in [1.165, 1.54) is 22.3 Å². The van der Waals surface area contributed by atoms with Crippen molar-refractivity contribution in [1.82, 2.24) is 9.80 Å². The molecule has 0 aromatic heterocycles. The van der Waals surface area contributed by atoms with Crippen LogP contribution in [0.5, 0.6) is 0 Å². The SMILES string of the molecule is Cc1ccc(CC(=O)CN2CCN(C)CC2)c(Cc2ccccc2)c1. The van der Waals surface area contributed by atoms with Crippen LogP contribution in [0.15, 0.2) is 48.5 Å². The summed E-state index contributed by atoms with van der Waals surface area (Å²) in [6.45, 7) is 6.78. The monoisotopic (exact) mass is 336 g/mol. The lowest BCUT2D eigenvalue weighted by Gasteiger charge is -2.31. The molecule has 132 valence electrons. The maximum Gasteiger partial charge on any atom is 0.151 e. The minimum Gasteiger partial charge on any atom is -0.304 e. The van der Waals surface area contributed by atoms with Gasteiger partial charge in [0.1, 0.15) is 0 Å². The van der Waals surface area contributed by atoms with Gasteiger partial charge in [-0.1, -0.05) is 54.1 Å². The standard InChI is InChI=1S/C22H28N2O/c1-18-8-9-20(21(14-18)15-19-6-4-3-5-7-19)16-22(25)17-24-12-10-23(2)11-13-24/h3-9,14H,10-13,15-17H2,1-2H3. The van der Waals surface area contributed by atoms with Crippen LogP contribution in [0.25, 0.3) is 0 Å². The summed E-state index contributed by atoms with van der Waals surface area (Å²) in [5.41, 5.74) is 4.99. The normalized spacial score (nSPS) is 16.1. The summed E-state index contributed by atoms with van der Waals surface area (Å²) >= 11 is 0. The third-order valence-corrected chi connectivity index (χ3v) is 4.98. The van der Waals surface area contributed by atoms with Crippen molar-refractivity contribution in [1.29, 1.82) is 0 Å². The molecule has 0 N–H and O–H groups in total. The fraction of sp³-hybridized carbons (Fsp3) is 0.409. The van der Waals surface area contributed by atoms with E-state index >= 15 is 0 Å². The zero-order valence-corrected chi connectivity index (χ0v) is 15.4. The predicted octanol–water partition coefficient (Wildman–Crippen LogP) is 2.94. The molecule has 1 saturated heterocycles. The van der Waals surface area contributed by atoms with Crippen molar-refractivity contribution in [3.8, 4) is 0 Å². The van der Waals surface area contributed by atoms with Crippen molar-refractivity contribution < 1.29 is 4.79 Å². The van der Waals surface area contributed by atoms with Gasteiger partial charge in [0, 0.05) is 32.6 Å². The average molecular weight is 336 g/mol. The van der Waals surface area contributed by atoms with Crippen LogP contribution in [-0.2, 0) is 17.6 Å². The van der Waals surface area contributed by atoms with Gasteiger partial charge in [0.05, 0.1) is 6.54 Å². The minimum atomic E-state index is 0.322. The van der Waals surface area contributed by atoms with Crippen LogP contribution in [-0.4, -0.2) is 55.4 Å². The van der Waals surface area contributed by atoms with Crippen LogP contribution >= 0.6 is 0 Å². The number of ketones is 1. The molecule has 1 heterocycles. The van der Waals surface area contributed by atoms with Gasteiger partial charge >= 0.3 is 0 Å². The second-order valence-corrected chi connectivity index (χ2v) is 7.23. The Hall–Kier alpha value is -1.97. The molecule has 1 aliphatic heterocycles. The Morgan fingerprint density at radius 2 is 1.68 bits per heavy atom. The van der Waals surface area contributed by atoms with Gasteiger partial charge in [0.15, 0.2) is 5.78 Å². The number of piperazine rings is 1. The van der Waals surface area contributed by atoms with E-state index in [9.17, 15) is 4.79 Å². The van der Waals surface area contributed by atoms with Gasteiger partial charge in [0.2, 0.25) is 0 Å². The van der Waals surface area contributed by atoms with E-state index in [1.807, 2.05) is 6.07 Å². The minimum absolute atomic E-state index is 0.322. The summed E-state index contributed by atoms with van der Waals surface area (Å²) in [4.78, 5) is 17.2. The van der Waals surface area contributed by atoms with Gasteiger partial charge in [-0.3, -0.25) is 9.69 Å². The van der Waals surface area contributed by atoms with Crippen LogP contribution in [0.2, 0.25) is 0 Å². The molecule has 25 heavy (non-hydrogen) atoms. The fourth-order valence-electron chi connectivity index (χ4n) is 3.43. The first-order valence-electron chi connectivity index (χ1n) is 9.15. The van der Waals surface area contributed by atoms with Crippen LogP contribution in [0.4, 0.5) is 0 Å². The molecule has 0 saturated carbocycles. The number of aryl methyl sites for hydroxylation is 1. The van der Waals surface area contributed by atoms with Crippen molar-refractivity contribution >= 4 is 5.78 Å². The molecule has 2 aromatic rings. The first kappa shape index (κ1) is 17.8. The van der Waals surface area contributed by atoms with Crippen molar-refractivity contribution in [2.75, 3.05) is 39.8 Å². The van der Waals surface area contributed by atoms with E-state index in [0.29, 0.717) is 18.7 Å². The first-order chi connectivity index (χ1) is 12.1. The van der Waals surface area contributed by atoms with Gasteiger partial charge in [-0.25, -0.2) is 0 Å². The lowest BCUT2D eigenvalue weighted by molar-refractivity contribution is -0.119. The molecule has 3 nitrogen and oxygen atoms in total. The Morgan fingerprint density at radius 1 is 0.960 bits per heavy atom. The maximum atomic E-state index is 12.6. The Balaban J connectivity index is 1.66. The zero-order chi connectivity index (χ0) is 17.6. The highest BCUT2D eigenvalue weighted by Gasteiger charge is 2.17. The van der Waals surface area contributed by atoms with Crippen LogP contribution in [0.3, 0.4) is 0 Å². The number of hydrogen-bond acceptors (Lipinski definition) is 3. The number of likely N-dealkylation sites (N-methyl/N-ethyl adjacent to an activating group) is 1. The van der Waals surface area contributed by atoms with Crippen molar-refractivity contribution in [2.45, 2.75) is 19.8 Å². The summed E-state index contributed by atoms with van der Waals surface area (Å²) in [6, 6.07) is 17.0. The zero-order valence-electron chi connectivity index (χ0n) is 15.4. The van der Waals surface area contributed by atoms with Crippen LogP contribution in [0, 0.1) is 6.92 Å². The summed E-state index contributed by atoms with van der Waals surface area (Å²) < 4.78 is 0. The van der Waals surface area contributed by atoms with E-state index in [1.54, 1.807) is 0 Å². The molecule has 0 atom stereocenters. The maximum absolute atomic E-state index is 12.6. The van der Waals surface area contributed by atoms with Gasteiger partial charge in [0.25, 0.3) is 0 Å². The van der Waals surface area contributed by atoms with E-state index in [-0.39, 0.29) is 0 Å². The molecule has 0 radical (unpaired) electrons. The molecule has 0 bridgehead atoms. The number of benzene rings is 2. The largest absolute Gasteiger partial charge is 0.304 e. The molecule has 0 spiro atoms. The number of hydrogen-bond donors (Lipinski definition) is 0. The van der Waals surface area contributed by atoms with E-state index < -0.39 is 0 Å². The van der Waals surface area contributed by atoms with Gasteiger partial charge in [-0.05, 0) is 37.1 Å². The number of carbonyl (C=O) groups excluding carboxylic acids is 1. The number of rotatable bonds is 6. The highest BCUT2D eigenvalue weighted by Crippen LogP contribution is 2.18. The van der Waals surface area contributed by atoms with Crippen LogP contribution in [0.1, 0.15) is 22.3 Å². The lowest BCUT2D eigenvalue weighted by Crippen LogP contribution is -2.46. The molecular weight excluding hydrogens is 308 g/mol. The van der Waals surface area contributed by atoms with Gasteiger partial charge in [-0.15, -0.1) is 0 Å². The van der Waals surface area contributed by atoms with Crippen molar-refractivity contribution in [2.24, 2.45) is 0 Å². The average Bonchev–Trinajstić information content (AvgIpc) is 2.60. The number of carbonyl (C=O) groups is 1. The molecular formula is C22H28N2O. The Labute approximate surface area is 151 Å². The number of Topliss-reactive ketones (excluding diaryl/α,β-unsaturated/α-hetero) is 1. The van der Waals surface area contributed by atoms with Crippen molar-refractivity contribution in [3.63, 3.8) is 0 Å². The molecule has 1 aliphatic rings. The van der Waals surface area contributed by atoms with E-state index in [4.69, 9.17) is 0 Å². The Bertz CT molecular complexity index is 703. The highest BCUT2D eigenvalue weighted by atomic mass is 16.1. The second-order valence-electron chi connectivity index (χ2n) is 7.23. The molecule has 3 heteroatoms. The lowest BCUT2D eigenvalue weighted by atomic mass is 9.95. The topological polar surface area (TPSA) is 23.6 Å². The summed E-state index contributed by atoms with van der Waals surface area (Å²) in [5.74, 6) is 0.322. The second kappa shape index (κ2) is 8.41. The molecule has 3 rings (SSSR count). The van der Waals surface area contributed by atoms with E-state index in [0.717, 1.165) is 32.6 Å². The molecule has 1 fully saturated rings.